The molecule has 3 rings (SSSR count). The molecule has 0 aliphatic rings. The Balaban J connectivity index is 2.13. The number of pyridine rings is 2. The SMILES string of the molecule is COc1nccc(C)c1-c1cc(-c2cnc(Cl)o2)ccn1. The van der Waals surface area contributed by atoms with Gasteiger partial charge in [-0.05, 0) is 42.3 Å². The zero-order valence-electron chi connectivity index (χ0n) is 11.5. The lowest BCUT2D eigenvalue weighted by Gasteiger charge is -2.10. The number of halogens is 1. The van der Waals surface area contributed by atoms with Crippen molar-refractivity contribution >= 4 is 11.6 Å². The molecule has 0 amide bonds. The van der Waals surface area contributed by atoms with Crippen LogP contribution in [-0.2, 0) is 0 Å². The van der Waals surface area contributed by atoms with E-state index >= 15 is 0 Å². The number of methoxy groups -OCH3 is 1. The van der Waals surface area contributed by atoms with E-state index in [1.165, 1.54) is 0 Å². The standard InChI is InChI=1S/C15H12ClN3O2/c1-9-3-5-18-14(20-2)13(9)11-7-10(4-6-17-11)12-8-19-15(16)21-12/h3-8H,1-2H3. The van der Waals surface area contributed by atoms with Crippen LogP contribution in [0.25, 0.3) is 22.6 Å². The summed E-state index contributed by atoms with van der Waals surface area (Å²) in [5, 5.41) is 0.110. The van der Waals surface area contributed by atoms with E-state index in [1.807, 2.05) is 25.1 Å². The highest BCUT2D eigenvalue weighted by atomic mass is 35.5. The van der Waals surface area contributed by atoms with Gasteiger partial charge in [0.15, 0.2) is 5.76 Å². The third kappa shape index (κ3) is 2.60. The molecule has 0 saturated heterocycles. The van der Waals surface area contributed by atoms with Crippen molar-refractivity contribution in [1.82, 2.24) is 15.0 Å². The highest BCUT2D eigenvalue weighted by Crippen LogP contribution is 2.32. The fourth-order valence-corrected chi connectivity index (χ4v) is 2.24. The van der Waals surface area contributed by atoms with Gasteiger partial charge < -0.3 is 9.15 Å². The summed E-state index contributed by atoms with van der Waals surface area (Å²) in [5.41, 5.74) is 3.47. The summed E-state index contributed by atoms with van der Waals surface area (Å²) >= 11 is 5.72. The molecule has 3 aromatic heterocycles. The van der Waals surface area contributed by atoms with Crippen molar-refractivity contribution in [3.63, 3.8) is 0 Å². The molecule has 0 radical (unpaired) electrons. The Morgan fingerprint density at radius 1 is 1.14 bits per heavy atom. The average Bonchev–Trinajstić information content (AvgIpc) is 2.93. The Labute approximate surface area is 126 Å². The summed E-state index contributed by atoms with van der Waals surface area (Å²) in [7, 11) is 1.59. The smallest absolute Gasteiger partial charge is 0.292 e. The highest BCUT2D eigenvalue weighted by molar-refractivity contribution is 6.27. The van der Waals surface area contributed by atoms with E-state index in [2.05, 4.69) is 15.0 Å². The normalized spacial score (nSPS) is 10.6. The maximum Gasteiger partial charge on any atom is 0.292 e. The van der Waals surface area contributed by atoms with Crippen molar-refractivity contribution in [2.75, 3.05) is 7.11 Å². The summed E-state index contributed by atoms with van der Waals surface area (Å²) in [5.74, 6) is 1.12. The van der Waals surface area contributed by atoms with Gasteiger partial charge in [-0.15, -0.1) is 0 Å². The number of nitrogens with zero attached hydrogens (tertiary/aromatic N) is 3. The highest BCUT2D eigenvalue weighted by Gasteiger charge is 2.13. The molecule has 0 aliphatic heterocycles. The lowest BCUT2D eigenvalue weighted by atomic mass is 10.1. The predicted octanol–water partition coefficient (Wildman–Crippen LogP) is 3.77. The number of rotatable bonds is 3. The van der Waals surface area contributed by atoms with Gasteiger partial charge >= 0.3 is 0 Å². The topological polar surface area (TPSA) is 61.0 Å². The zero-order chi connectivity index (χ0) is 14.8. The van der Waals surface area contributed by atoms with Crippen LogP contribution in [0.1, 0.15) is 5.56 Å². The average molecular weight is 302 g/mol. The van der Waals surface area contributed by atoms with Crippen LogP contribution in [0.3, 0.4) is 0 Å². The minimum Gasteiger partial charge on any atom is -0.480 e. The van der Waals surface area contributed by atoms with Gasteiger partial charge in [0.05, 0.1) is 24.6 Å². The molecule has 0 aromatic carbocycles. The molecule has 106 valence electrons. The van der Waals surface area contributed by atoms with Crippen molar-refractivity contribution in [3.05, 3.63) is 47.7 Å². The Bertz CT molecular complexity index is 786. The molecule has 3 aromatic rings. The molecule has 0 spiro atoms. The van der Waals surface area contributed by atoms with Gasteiger partial charge in [-0.25, -0.2) is 9.97 Å². The molecule has 0 bridgehead atoms. The first-order valence-corrected chi connectivity index (χ1v) is 6.64. The summed E-state index contributed by atoms with van der Waals surface area (Å²) in [4.78, 5) is 12.5. The van der Waals surface area contributed by atoms with Gasteiger partial charge in [-0.3, -0.25) is 4.98 Å². The van der Waals surface area contributed by atoms with Crippen molar-refractivity contribution < 1.29 is 9.15 Å². The van der Waals surface area contributed by atoms with E-state index in [0.717, 1.165) is 22.4 Å². The molecule has 0 unspecified atom stereocenters. The van der Waals surface area contributed by atoms with Crippen molar-refractivity contribution in [2.24, 2.45) is 0 Å². The van der Waals surface area contributed by atoms with E-state index in [1.54, 1.807) is 25.7 Å². The molecular formula is C15H12ClN3O2. The Morgan fingerprint density at radius 2 is 1.95 bits per heavy atom. The lowest BCUT2D eigenvalue weighted by Crippen LogP contribution is -1.95. The second-order valence-corrected chi connectivity index (χ2v) is 4.74. The van der Waals surface area contributed by atoms with Crippen LogP contribution in [0, 0.1) is 6.92 Å². The molecule has 5 nitrogen and oxygen atoms in total. The van der Waals surface area contributed by atoms with E-state index in [9.17, 15) is 0 Å². The van der Waals surface area contributed by atoms with Gasteiger partial charge in [-0.2, -0.15) is 0 Å². The summed E-state index contributed by atoms with van der Waals surface area (Å²) in [6.45, 7) is 1.99. The third-order valence-electron chi connectivity index (χ3n) is 3.10. The monoisotopic (exact) mass is 301 g/mol. The minimum absolute atomic E-state index is 0.110. The molecule has 0 atom stereocenters. The molecule has 0 N–H and O–H groups in total. The second-order valence-electron chi connectivity index (χ2n) is 4.42. The maximum absolute atomic E-state index is 5.72. The van der Waals surface area contributed by atoms with Crippen molar-refractivity contribution in [1.29, 1.82) is 0 Å². The van der Waals surface area contributed by atoms with Crippen LogP contribution in [0.15, 0.2) is 41.2 Å². The predicted molar refractivity (Wildman–Crippen MR) is 79.3 cm³/mol. The van der Waals surface area contributed by atoms with E-state index in [4.69, 9.17) is 20.8 Å². The number of oxazole rings is 1. The second kappa shape index (κ2) is 5.54. The largest absolute Gasteiger partial charge is 0.480 e. The fourth-order valence-electron chi connectivity index (χ4n) is 2.11. The number of aryl methyl sites for hydroxylation is 1. The quantitative estimate of drug-likeness (QED) is 0.737. The van der Waals surface area contributed by atoms with Gasteiger partial charge in [-0.1, -0.05) is 0 Å². The fraction of sp³-hybridized carbons (Fsp3) is 0.133. The molecule has 3 heterocycles. The molecular weight excluding hydrogens is 290 g/mol. The third-order valence-corrected chi connectivity index (χ3v) is 3.27. The van der Waals surface area contributed by atoms with Crippen molar-refractivity contribution in [2.45, 2.75) is 6.92 Å². The number of hydrogen-bond acceptors (Lipinski definition) is 5. The zero-order valence-corrected chi connectivity index (χ0v) is 12.3. The van der Waals surface area contributed by atoms with Crippen LogP contribution >= 0.6 is 11.6 Å². The Kier molecular flexibility index (Phi) is 3.58. The number of hydrogen-bond donors (Lipinski definition) is 0. The maximum atomic E-state index is 5.72. The Hall–Kier alpha value is -2.40. The van der Waals surface area contributed by atoms with Crippen LogP contribution in [-0.4, -0.2) is 22.1 Å². The first-order chi connectivity index (χ1) is 10.2. The lowest BCUT2D eigenvalue weighted by molar-refractivity contribution is 0.399. The number of aromatic nitrogens is 3. The van der Waals surface area contributed by atoms with Gasteiger partial charge in [0.2, 0.25) is 5.88 Å². The molecule has 6 heteroatoms. The molecule has 21 heavy (non-hydrogen) atoms. The van der Waals surface area contributed by atoms with E-state index in [0.29, 0.717) is 11.6 Å². The van der Waals surface area contributed by atoms with Crippen LogP contribution < -0.4 is 4.74 Å². The first-order valence-electron chi connectivity index (χ1n) is 6.27. The summed E-state index contributed by atoms with van der Waals surface area (Å²) in [6.07, 6.45) is 4.99. The van der Waals surface area contributed by atoms with Crippen molar-refractivity contribution in [3.8, 4) is 28.5 Å². The first kappa shape index (κ1) is 13.6. The molecule has 0 aliphatic carbocycles. The summed E-state index contributed by atoms with van der Waals surface area (Å²) < 4.78 is 10.6. The van der Waals surface area contributed by atoms with Crippen LogP contribution in [0.5, 0.6) is 5.88 Å². The van der Waals surface area contributed by atoms with Crippen LogP contribution in [0.4, 0.5) is 0 Å². The summed E-state index contributed by atoms with van der Waals surface area (Å²) in [6, 6.07) is 5.64. The van der Waals surface area contributed by atoms with Crippen LogP contribution in [0.2, 0.25) is 5.35 Å². The van der Waals surface area contributed by atoms with E-state index < -0.39 is 0 Å². The molecule has 0 saturated carbocycles. The molecule has 0 fully saturated rings. The Morgan fingerprint density at radius 3 is 2.67 bits per heavy atom. The van der Waals surface area contributed by atoms with Gasteiger partial charge in [0.1, 0.15) is 0 Å². The van der Waals surface area contributed by atoms with E-state index in [-0.39, 0.29) is 5.35 Å². The number of ether oxygens (including phenoxy) is 1. The van der Waals surface area contributed by atoms with Gasteiger partial charge in [0, 0.05) is 18.0 Å². The van der Waals surface area contributed by atoms with Gasteiger partial charge in [0.25, 0.3) is 5.35 Å². The minimum atomic E-state index is 0.110.